The average Bonchev–Trinajstić information content (AvgIpc) is 2.61. The summed E-state index contributed by atoms with van der Waals surface area (Å²) in [7, 11) is 0. The van der Waals surface area contributed by atoms with Crippen LogP contribution in [0.1, 0.15) is 18.5 Å². The van der Waals surface area contributed by atoms with Gasteiger partial charge in [0.15, 0.2) is 0 Å². The topological polar surface area (TPSA) is 49.6 Å². The van der Waals surface area contributed by atoms with Gasteiger partial charge in [0.05, 0.1) is 4.92 Å². The van der Waals surface area contributed by atoms with E-state index in [0.29, 0.717) is 0 Å². The molecule has 0 saturated carbocycles. The molecule has 0 aliphatic carbocycles. The van der Waals surface area contributed by atoms with Crippen molar-refractivity contribution in [1.29, 1.82) is 0 Å². The van der Waals surface area contributed by atoms with E-state index in [1.165, 1.54) is 6.07 Å². The summed E-state index contributed by atoms with van der Waals surface area (Å²) in [5.41, 5.74) is 2.28. The summed E-state index contributed by atoms with van der Waals surface area (Å²) in [5.74, 6) is 0. The lowest BCUT2D eigenvalue weighted by atomic mass is 10.1. The van der Waals surface area contributed by atoms with Crippen LogP contribution in [-0.4, -0.2) is 36.0 Å². The van der Waals surface area contributed by atoms with E-state index in [2.05, 4.69) is 22.8 Å². The Bertz CT molecular complexity index is 730. The maximum absolute atomic E-state index is 11.0. The summed E-state index contributed by atoms with van der Waals surface area (Å²) in [6.45, 7) is 5.76. The van der Waals surface area contributed by atoms with Crippen LogP contribution in [-0.2, 0) is 0 Å². The van der Waals surface area contributed by atoms with Crippen LogP contribution in [0.5, 0.6) is 0 Å². The zero-order valence-corrected chi connectivity index (χ0v) is 14.3. The molecule has 126 valence electrons. The van der Waals surface area contributed by atoms with Gasteiger partial charge in [-0.05, 0) is 30.7 Å². The number of rotatable bonds is 4. The SMILES string of the molecule is C[C@H](c1cccc([N+](=O)[O-])c1)N1CCN(c2cccc(Cl)c2)CC1. The fourth-order valence-electron chi connectivity index (χ4n) is 3.15. The molecule has 0 aromatic heterocycles. The first-order chi connectivity index (χ1) is 11.5. The Kier molecular flexibility index (Phi) is 5.02. The summed E-state index contributed by atoms with van der Waals surface area (Å²) < 4.78 is 0. The normalized spacial score (nSPS) is 16.8. The van der Waals surface area contributed by atoms with Crippen LogP contribution in [0.2, 0.25) is 5.02 Å². The third-order valence-electron chi connectivity index (χ3n) is 4.60. The molecule has 2 aromatic rings. The van der Waals surface area contributed by atoms with Gasteiger partial charge in [0.2, 0.25) is 0 Å². The van der Waals surface area contributed by atoms with Crippen molar-refractivity contribution < 1.29 is 4.92 Å². The molecule has 5 nitrogen and oxygen atoms in total. The van der Waals surface area contributed by atoms with Gasteiger partial charge in [-0.15, -0.1) is 0 Å². The van der Waals surface area contributed by atoms with Crippen LogP contribution in [0.4, 0.5) is 11.4 Å². The molecular weight excluding hydrogens is 326 g/mol. The molecule has 0 spiro atoms. The number of hydrogen-bond acceptors (Lipinski definition) is 4. The first kappa shape index (κ1) is 16.7. The molecule has 0 N–H and O–H groups in total. The van der Waals surface area contributed by atoms with Crippen LogP contribution in [0.15, 0.2) is 48.5 Å². The predicted octanol–water partition coefficient (Wildman–Crippen LogP) is 4.13. The zero-order chi connectivity index (χ0) is 17.1. The second-order valence-corrected chi connectivity index (χ2v) is 6.47. The predicted molar refractivity (Wildman–Crippen MR) is 96.7 cm³/mol. The molecule has 1 heterocycles. The molecule has 0 bridgehead atoms. The molecule has 1 saturated heterocycles. The van der Waals surface area contributed by atoms with E-state index < -0.39 is 0 Å². The highest BCUT2D eigenvalue weighted by Gasteiger charge is 2.23. The molecule has 1 atom stereocenters. The fraction of sp³-hybridized carbons (Fsp3) is 0.333. The Morgan fingerprint density at radius 1 is 1.08 bits per heavy atom. The summed E-state index contributed by atoms with van der Waals surface area (Å²) in [6, 6.07) is 15.0. The van der Waals surface area contributed by atoms with Gasteiger partial charge in [0.1, 0.15) is 0 Å². The molecule has 1 aliphatic rings. The molecule has 1 fully saturated rings. The van der Waals surface area contributed by atoms with E-state index in [4.69, 9.17) is 11.6 Å². The highest BCUT2D eigenvalue weighted by atomic mass is 35.5. The van der Waals surface area contributed by atoms with Gasteiger partial charge in [-0.3, -0.25) is 15.0 Å². The number of hydrogen-bond donors (Lipinski definition) is 0. The van der Waals surface area contributed by atoms with Gasteiger partial charge in [0.25, 0.3) is 5.69 Å². The number of piperazine rings is 1. The number of nitro groups is 1. The summed E-state index contributed by atoms with van der Waals surface area (Å²) >= 11 is 6.07. The molecule has 24 heavy (non-hydrogen) atoms. The molecule has 0 amide bonds. The van der Waals surface area contributed by atoms with Crippen LogP contribution >= 0.6 is 11.6 Å². The smallest absolute Gasteiger partial charge is 0.269 e. The minimum atomic E-state index is -0.340. The lowest BCUT2D eigenvalue weighted by Crippen LogP contribution is -2.47. The van der Waals surface area contributed by atoms with E-state index >= 15 is 0 Å². The van der Waals surface area contributed by atoms with Crippen molar-refractivity contribution in [2.45, 2.75) is 13.0 Å². The van der Waals surface area contributed by atoms with E-state index in [9.17, 15) is 10.1 Å². The fourth-order valence-corrected chi connectivity index (χ4v) is 3.33. The maximum atomic E-state index is 11.0. The van der Waals surface area contributed by atoms with Crippen LogP contribution < -0.4 is 4.90 Å². The zero-order valence-electron chi connectivity index (χ0n) is 13.6. The van der Waals surface area contributed by atoms with E-state index in [0.717, 1.165) is 42.5 Å². The Balaban J connectivity index is 1.66. The summed E-state index contributed by atoms with van der Waals surface area (Å²) in [6.07, 6.45) is 0. The number of nitrogens with zero attached hydrogens (tertiary/aromatic N) is 3. The second kappa shape index (κ2) is 7.20. The Morgan fingerprint density at radius 2 is 1.79 bits per heavy atom. The van der Waals surface area contributed by atoms with Crippen molar-refractivity contribution in [1.82, 2.24) is 4.90 Å². The van der Waals surface area contributed by atoms with Crippen molar-refractivity contribution in [3.8, 4) is 0 Å². The van der Waals surface area contributed by atoms with Gasteiger partial charge in [0, 0.05) is 55.1 Å². The average molecular weight is 346 g/mol. The van der Waals surface area contributed by atoms with Crippen molar-refractivity contribution >= 4 is 23.0 Å². The standard InChI is InChI=1S/C18H20ClN3O2/c1-14(15-4-2-7-18(12-15)22(23)24)20-8-10-21(11-9-20)17-6-3-5-16(19)13-17/h2-7,12-14H,8-11H2,1H3/t14-/m1/s1. The summed E-state index contributed by atoms with van der Waals surface area (Å²) in [5, 5.41) is 11.7. The quantitative estimate of drug-likeness (QED) is 0.617. The molecule has 1 aliphatic heterocycles. The number of nitro benzene ring substituents is 1. The molecule has 0 radical (unpaired) electrons. The summed E-state index contributed by atoms with van der Waals surface area (Å²) in [4.78, 5) is 15.3. The van der Waals surface area contributed by atoms with Crippen LogP contribution in [0.25, 0.3) is 0 Å². The number of non-ortho nitro benzene ring substituents is 1. The lowest BCUT2D eigenvalue weighted by Gasteiger charge is -2.39. The molecular formula is C18H20ClN3O2. The largest absolute Gasteiger partial charge is 0.369 e. The second-order valence-electron chi connectivity index (χ2n) is 6.03. The number of anilines is 1. The monoisotopic (exact) mass is 345 g/mol. The van der Waals surface area contributed by atoms with Gasteiger partial charge < -0.3 is 4.90 Å². The van der Waals surface area contributed by atoms with Gasteiger partial charge in [-0.25, -0.2) is 0 Å². The first-order valence-electron chi connectivity index (χ1n) is 8.03. The van der Waals surface area contributed by atoms with E-state index in [1.54, 1.807) is 12.1 Å². The van der Waals surface area contributed by atoms with Crippen molar-refractivity contribution in [2.24, 2.45) is 0 Å². The Labute approximate surface area is 146 Å². The number of halogens is 1. The van der Waals surface area contributed by atoms with Gasteiger partial charge in [-0.2, -0.15) is 0 Å². The van der Waals surface area contributed by atoms with Gasteiger partial charge >= 0.3 is 0 Å². The third kappa shape index (κ3) is 3.68. The van der Waals surface area contributed by atoms with E-state index in [-0.39, 0.29) is 16.7 Å². The Morgan fingerprint density at radius 3 is 2.46 bits per heavy atom. The van der Waals surface area contributed by atoms with Crippen LogP contribution in [0, 0.1) is 10.1 Å². The van der Waals surface area contributed by atoms with Gasteiger partial charge in [-0.1, -0.05) is 29.8 Å². The van der Waals surface area contributed by atoms with Crippen molar-refractivity contribution in [3.63, 3.8) is 0 Å². The van der Waals surface area contributed by atoms with Crippen molar-refractivity contribution in [2.75, 3.05) is 31.1 Å². The Hall–Kier alpha value is -2.11. The lowest BCUT2D eigenvalue weighted by molar-refractivity contribution is -0.384. The highest BCUT2D eigenvalue weighted by Crippen LogP contribution is 2.27. The molecule has 6 heteroatoms. The highest BCUT2D eigenvalue weighted by molar-refractivity contribution is 6.30. The minimum absolute atomic E-state index is 0.150. The van der Waals surface area contributed by atoms with E-state index in [1.807, 2.05) is 24.3 Å². The first-order valence-corrected chi connectivity index (χ1v) is 8.41. The van der Waals surface area contributed by atoms with Crippen molar-refractivity contribution in [3.05, 3.63) is 69.2 Å². The molecule has 3 rings (SSSR count). The maximum Gasteiger partial charge on any atom is 0.269 e. The van der Waals surface area contributed by atoms with Crippen LogP contribution in [0.3, 0.4) is 0 Å². The third-order valence-corrected chi connectivity index (χ3v) is 4.83. The number of benzene rings is 2. The molecule has 2 aromatic carbocycles. The molecule has 0 unspecified atom stereocenters. The minimum Gasteiger partial charge on any atom is -0.369 e.